The molecular weight excluding hydrogens is 270 g/mol. The first-order valence-corrected chi connectivity index (χ1v) is 6.37. The van der Waals surface area contributed by atoms with Crippen molar-refractivity contribution in [3.05, 3.63) is 28.8 Å². The molecule has 1 aliphatic heterocycles. The Bertz CT molecular complexity index is 517. The van der Waals surface area contributed by atoms with Gasteiger partial charge < -0.3 is 15.1 Å². The molecule has 0 radical (unpaired) electrons. The molecule has 1 amide bonds. The molecule has 0 unspecified atom stereocenters. The summed E-state index contributed by atoms with van der Waals surface area (Å²) in [6.45, 7) is 0.661. The van der Waals surface area contributed by atoms with E-state index in [0.29, 0.717) is 24.4 Å². The summed E-state index contributed by atoms with van der Waals surface area (Å²) in [5.74, 6) is -1.97. The maximum absolute atomic E-state index is 12.3. The molecule has 1 saturated heterocycles. The summed E-state index contributed by atoms with van der Waals surface area (Å²) in [7, 11) is 0. The molecule has 0 saturated carbocycles. The molecule has 6 heteroatoms. The standard InChI is InChI=1S/C13H14ClNO4/c14-9-3-4-11(16)10(6-9)12(17)15-5-1-2-8(7-15)13(18)19/h3-4,6,8,16H,1-2,5,7H2,(H,18,19)/t8-/m0/s1. The summed E-state index contributed by atoms with van der Waals surface area (Å²) < 4.78 is 0. The molecule has 1 aromatic rings. The minimum Gasteiger partial charge on any atom is -0.507 e. The number of aliphatic carboxylic acids is 1. The highest BCUT2D eigenvalue weighted by atomic mass is 35.5. The number of piperidine rings is 1. The molecular formula is C13H14ClNO4. The maximum Gasteiger partial charge on any atom is 0.308 e. The third-order valence-electron chi connectivity index (χ3n) is 3.25. The molecule has 1 aromatic carbocycles. The highest BCUT2D eigenvalue weighted by Crippen LogP contribution is 2.25. The van der Waals surface area contributed by atoms with E-state index in [1.807, 2.05) is 0 Å². The van der Waals surface area contributed by atoms with Crippen molar-refractivity contribution < 1.29 is 19.8 Å². The molecule has 0 aromatic heterocycles. The van der Waals surface area contributed by atoms with E-state index in [1.54, 1.807) is 0 Å². The lowest BCUT2D eigenvalue weighted by Gasteiger charge is -2.30. The average Bonchev–Trinajstić information content (AvgIpc) is 2.41. The van der Waals surface area contributed by atoms with Crippen LogP contribution in [-0.4, -0.2) is 40.1 Å². The lowest BCUT2D eigenvalue weighted by atomic mass is 9.97. The summed E-state index contributed by atoms with van der Waals surface area (Å²) >= 11 is 5.80. The van der Waals surface area contributed by atoms with Gasteiger partial charge in [0.1, 0.15) is 5.75 Å². The van der Waals surface area contributed by atoms with Crippen molar-refractivity contribution in [2.24, 2.45) is 5.92 Å². The van der Waals surface area contributed by atoms with Gasteiger partial charge >= 0.3 is 5.97 Å². The second-order valence-electron chi connectivity index (χ2n) is 4.59. The summed E-state index contributed by atoms with van der Waals surface area (Å²) in [6.07, 6.45) is 1.21. The summed E-state index contributed by atoms with van der Waals surface area (Å²) in [6, 6.07) is 4.24. The van der Waals surface area contributed by atoms with E-state index in [-0.39, 0.29) is 23.8 Å². The minimum absolute atomic E-state index is 0.110. The Labute approximate surface area is 115 Å². The van der Waals surface area contributed by atoms with Gasteiger partial charge in [-0.05, 0) is 31.0 Å². The fourth-order valence-corrected chi connectivity index (χ4v) is 2.39. The Morgan fingerprint density at radius 2 is 2.11 bits per heavy atom. The molecule has 0 bridgehead atoms. The van der Waals surface area contributed by atoms with Crippen LogP contribution in [0.3, 0.4) is 0 Å². The topological polar surface area (TPSA) is 77.8 Å². The number of carboxylic acid groups (broad SMARTS) is 1. The number of aromatic hydroxyl groups is 1. The van der Waals surface area contributed by atoms with E-state index in [4.69, 9.17) is 16.7 Å². The molecule has 0 spiro atoms. The zero-order valence-electron chi connectivity index (χ0n) is 10.2. The van der Waals surface area contributed by atoms with Gasteiger partial charge in [0.05, 0.1) is 11.5 Å². The van der Waals surface area contributed by atoms with Crippen molar-refractivity contribution in [1.29, 1.82) is 0 Å². The van der Waals surface area contributed by atoms with Crippen molar-refractivity contribution in [3.63, 3.8) is 0 Å². The number of halogens is 1. The number of carbonyl (C=O) groups is 2. The number of nitrogens with zero attached hydrogens (tertiary/aromatic N) is 1. The van der Waals surface area contributed by atoms with Crippen molar-refractivity contribution in [1.82, 2.24) is 4.90 Å². The number of rotatable bonds is 2. The van der Waals surface area contributed by atoms with E-state index >= 15 is 0 Å². The van der Waals surface area contributed by atoms with Crippen molar-refractivity contribution >= 4 is 23.5 Å². The van der Waals surface area contributed by atoms with Crippen LogP contribution in [0.1, 0.15) is 23.2 Å². The van der Waals surface area contributed by atoms with Gasteiger partial charge in [0.2, 0.25) is 0 Å². The smallest absolute Gasteiger partial charge is 0.308 e. The van der Waals surface area contributed by atoms with Crippen molar-refractivity contribution in [2.45, 2.75) is 12.8 Å². The van der Waals surface area contributed by atoms with Crippen LogP contribution < -0.4 is 0 Å². The Balaban J connectivity index is 2.19. The zero-order valence-corrected chi connectivity index (χ0v) is 10.9. The van der Waals surface area contributed by atoms with E-state index in [9.17, 15) is 14.7 Å². The van der Waals surface area contributed by atoms with Gasteiger partial charge in [-0.1, -0.05) is 11.6 Å². The van der Waals surface area contributed by atoms with Crippen LogP contribution in [0.15, 0.2) is 18.2 Å². The first-order valence-electron chi connectivity index (χ1n) is 5.99. The van der Waals surface area contributed by atoms with Gasteiger partial charge in [0.25, 0.3) is 5.91 Å². The van der Waals surface area contributed by atoms with Gasteiger partial charge in [0.15, 0.2) is 0 Å². The monoisotopic (exact) mass is 283 g/mol. The SMILES string of the molecule is O=C(O)[C@H]1CCCN(C(=O)c2cc(Cl)ccc2O)C1. The van der Waals surface area contributed by atoms with E-state index < -0.39 is 11.9 Å². The number of benzene rings is 1. The number of likely N-dealkylation sites (tertiary alicyclic amines) is 1. The molecule has 102 valence electrons. The van der Waals surface area contributed by atoms with Gasteiger partial charge in [0, 0.05) is 18.1 Å². The molecule has 0 aliphatic carbocycles. The summed E-state index contributed by atoms with van der Waals surface area (Å²) in [4.78, 5) is 24.7. The third-order valence-corrected chi connectivity index (χ3v) is 3.48. The second-order valence-corrected chi connectivity index (χ2v) is 5.03. The lowest BCUT2D eigenvalue weighted by Crippen LogP contribution is -2.42. The largest absolute Gasteiger partial charge is 0.507 e. The third kappa shape index (κ3) is 2.98. The van der Waals surface area contributed by atoms with Crippen LogP contribution in [0.2, 0.25) is 5.02 Å². The van der Waals surface area contributed by atoms with Crippen LogP contribution in [0.25, 0.3) is 0 Å². The van der Waals surface area contributed by atoms with Gasteiger partial charge in [-0.2, -0.15) is 0 Å². The predicted molar refractivity (Wildman–Crippen MR) is 69.4 cm³/mol. The second kappa shape index (κ2) is 5.48. The molecule has 2 rings (SSSR count). The average molecular weight is 284 g/mol. The van der Waals surface area contributed by atoms with Crippen LogP contribution in [0, 0.1) is 5.92 Å². The van der Waals surface area contributed by atoms with Gasteiger partial charge in [-0.25, -0.2) is 0 Å². The van der Waals surface area contributed by atoms with Crippen LogP contribution in [-0.2, 0) is 4.79 Å². The quantitative estimate of drug-likeness (QED) is 0.870. The van der Waals surface area contributed by atoms with Crippen LogP contribution in [0.5, 0.6) is 5.75 Å². The molecule has 19 heavy (non-hydrogen) atoms. The van der Waals surface area contributed by atoms with Crippen LogP contribution in [0.4, 0.5) is 0 Å². The number of hydrogen-bond donors (Lipinski definition) is 2. The van der Waals surface area contributed by atoms with Gasteiger partial charge in [-0.3, -0.25) is 9.59 Å². The number of phenols is 1. The Morgan fingerprint density at radius 3 is 2.79 bits per heavy atom. The van der Waals surface area contributed by atoms with Gasteiger partial charge in [-0.15, -0.1) is 0 Å². The molecule has 2 N–H and O–H groups in total. The zero-order chi connectivity index (χ0) is 14.0. The fraction of sp³-hybridized carbons (Fsp3) is 0.385. The Hall–Kier alpha value is -1.75. The Kier molecular flexibility index (Phi) is 3.95. The number of phenolic OH excluding ortho intramolecular Hbond substituents is 1. The van der Waals surface area contributed by atoms with E-state index in [1.165, 1.54) is 23.1 Å². The molecule has 1 aliphatic rings. The minimum atomic E-state index is -0.896. The number of amides is 1. The van der Waals surface area contributed by atoms with E-state index in [0.717, 1.165) is 0 Å². The fourth-order valence-electron chi connectivity index (χ4n) is 2.21. The molecule has 5 nitrogen and oxygen atoms in total. The maximum atomic E-state index is 12.3. The van der Waals surface area contributed by atoms with Crippen LogP contribution >= 0.6 is 11.6 Å². The summed E-state index contributed by atoms with van der Waals surface area (Å²) in [5, 5.41) is 19.0. The van der Waals surface area contributed by atoms with E-state index in [2.05, 4.69) is 0 Å². The highest BCUT2D eigenvalue weighted by Gasteiger charge is 2.29. The number of hydrogen-bond acceptors (Lipinski definition) is 3. The van der Waals surface area contributed by atoms with Crippen molar-refractivity contribution in [2.75, 3.05) is 13.1 Å². The first-order chi connectivity index (χ1) is 8.99. The highest BCUT2D eigenvalue weighted by molar-refractivity contribution is 6.31. The Morgan fingerprint density at radius 1 is 1.37 bits per heavy atom. The lowest BCUT2D eigenvalue weighted by molar-refractivity contribution is -0.143. The number of carboxylic acids is 1. The molecule has 1 atom stereocenters. The molecule has 1 fully saturated rings. The van der Waals surface area contributed by atoms with Crippen molar-refractivity contribution in [3.8, 4) is 5.75 Å². The first kappa shape index (κ1) is 13.7. The normalized spacial score (nSPS) is 19.2. The molecule has 1 heterocycles. The summed E-state index contributed by atoms with van der Waals surface area (Å²) in [5.41, 5.74) is 0.110. The number of carbonyl (C=O) groups excluding carboxylic acids is 1. The predicted octanol–water partition coefficient (Wildman–Crippen LogP) is 1.98.